The average molecular weight is 499 g/mol. The second-order valence-electron chi connectivity index (χ2n) is 8.78. The maximum atomic E-state index is 13.0. The number of nitrogens with one attached hydrogen (secondary N) is 2. The summed E-state index contributed by atoms with van der Waals surface area (Å²) in [5.74, 6) is -0.432. The molecule has 34 heavy (non-hydrogen) atoms. The first-order chi connectivity index (χ1) is 16.1. The van der Waals surface area contributed by atoms with Crippen molar-refractivity contribution in [2.75, 3.05) is 24.1 Å². The van der Waals surface area contributed by atoms with E-state index in [2.05, 4.69) is 25.0 Å². The summed E-state index contributed by atoms with van der Waals surface area (Å²) in [7, 11) is 3.32. The summed E-state index contributed by atoms with van der Waals surface area (Å²) >= 11 is 0.218. The highest BCUT2D eigenvalue weighted by Crippen LogP contribution is 2.33. The molecular weight excluding hydrogens is 472 g/mol. The third-order valence-electron chi connectivity index (χ3n) is 5.43. The largest absolute Gasteiger partial charge is 0.593 e. The van der Waals surface area contributed by atoms with E-state index in [1.54, 1.807) is 46.3 Å². The lowest BCUT2D eigenvalue weighted by Gasteiger charge is -2.21. The number of carbonyl (C=O) groups excluding carboxylic acids is 2. The van der Waals surface area contributed by atoms with Crippen molar-refractivity contribution < 1.29 is 14.1 Å². The Bertz CT molecular complexity index is 1190. The average Bonchev–Trinajstić information content (AvgIpc) is 3.57. The summed E-state index contributed by atoms with van der Waals surface area (Å²) < 4.78 is 15.0. The number of rotatable bonds is 8. The van der Waals surface area contributed by atoms with Crippen LogP contribution in [0.15, 0.2) is 42.0 Å². The quantitative estimate of drug-likeness (QED) is 0.456. The maximum absolute atomic E-state index is 13.0. The molecule has 4 rings (SSSR count). The summed E-state index contributed by atoms with van der Waals surface area (Å²) in [6, 6.07) is 7.18. The standard InChI is InChI=1S/C23H26N6O3S2/c1-23(2,19-13-33-22(27-19)28-34(32)16-9-10-16)21(31)25-15-7-5-14(6-8-15)17-11-24-12-18(26-17)20(30)29(3)4/h5-8,11-13,16H,9-10H2,1-4H3,(H,25,31)(H,27,28). The van der Waals surface area contributed by atoms with Crippen molar-refractivity contribution in [2.24, 2.45) is 0 Å². The van der Waals surface area contributed by atoms with Gasteiger partial charge in [0.15, 0.2) is 0 Å². The molecule has 0 radical (unpaired) electrons. The molecule has 1 saturated carbocycles. The minimum atomic E-state index is -1.13. The van der Waals surface area contributed by atoms with Crippen LogP contribution in [-0.2, 0) is 21.6 Å². The van der Waals surface area contributed by atoms with Gasteiger partial charge in [0.05, 0.1) is 40.6 Å². The molecule has 2 heterocycles. The minimum Gasteiger partial charge on any atom is -0.593 e. The Balaban J connectivity index is 1.43. The zero-order chi connectivity index (χ0) is 24.5. The summed E-state index contributed by atoms with van der Waals surface area (Å²) in [5.41, 5.74) is 1.95. The third-order valence-corrected chi connectivity index (χ3v) is 7.78. The molecule has 1 atom stereocenters. The fraction of sp³-hybridized carbons (Fsp3) is 0.348. The molecule has 0 bridgehead atoms. The van der Waals surface area contributed by atoms with Crippen LogP contribution in [0.25, 0.3) is 11.3 Å². The van der Waals surface area contributed by atoms with Gasteiger partial charge in [-0.15, -0.1) is 11.3 Å². The van der Waals surface area contributed by atoms with Gasteiger partial charge in [0, 0.05) is 43.6 Å². The monoisotopic (exact) mass is 498 g/mol. The lowest BCUT2D eigenvalue weighted by molar-refractivity contribution is -0.120. The van der Waals surface area contributed by atoms with Gasteiger partial charge in [0.1, 0.15) is 10.9 Å². The van der Waals surface area contributed by atoms with Crippen LogP contribution in [0.4, 0.5) is 10.8 Å². The van der Waals surface area contributed by atoms with E-state index < -0.39 is 16.8 Å². The van der Waals surface area contributed by atoms with Gasteiger partial charge in [-0.3, -0.25) is 14.6 Å². The van der Waals surface area contributed by atoms with E-state index in [0.29, 0.717) is 22.2 Å². The molecule has 1 fully saturated rings. The van der Waals surface area contributed by atoms with Crippen LogP contribution in [0.3, 0.4) is 0 Å². The van der Waals surface area contributed by atoms with Crippen LogP contribution >= 0.6 is 11.3 Å². The first-order valence-corrected chi connectivity index (χ1v) is 12.8. The van der Waals surface area contributed by atoms with E-state index in [-0.39, 0.29) is 22.8 Å². The molecule has 3 aromatic rings. The van der Waals surface area contributed by atoms with E-state index in [4.69, 9.17) is 0 Å². The summed E-state index contributed by atoms with van der Waals surface area (Å²) in [4.78, 5) is 39.6. The number of benzene rings is 1. The number of carbonyl (C=O) groups is 2. The Labute approximate surface area is 205 Å². The molecule has 1 aliphatic carbocycles. The normalized spacial score (nSPS) is 14.4. The molecule has 0 spiro atoms. The second-order valence-corrected chi connectivity index (χ2v) is 11.1. The van der Waals surface area contributed by atoms with Gasteiger partial charge in [0.2, 0.25) is 11.0 Å². The highest BCUT2D eigenvalue weighted by atomic mass is 32.2. The zero-order valence-electron chi connectivity index (χ0n) is 19.4. The number of hydrogen-bond acceptors (Lipinski definition) is 8. The molecule has 2 amide bonds. The molecule has 1 aliphatic rings. The van der Waals surface area contributed by atoms with E-state index in [1.807, 2.05) is 17.5 Å². The fourth-order valence-electron chi connectivity index (χ4n) is 3.02. The van der Waals surface area contributed by atoms with Crippen LogP contribution in [0.1, 0.15) is 42.9 Å². The van der Waals surface area contributed by atoms with Crippen molar-refractivity contribution in [1.29, 1.82) is 0 Å². The predicted molar refractivity (Wildman–Crippen MR) is 134 cm³/mol. The van der Waals surface area contributed by atoms with Crippen molar-refractivity contribution >= 4 is 45.3 Å². The molecule has 9 nitrogen and oxygen atoms in total. The smallest absolute Gasteiger partial charge is 0.273 e. The summed E-state index contributed by atoms with van der Waals surface area (Å²) in [5, 5.41) is 5.51. The molecule has 2 aromatic heterocycles. The van der Waals surface area contributed by atoms with Crippen LogP contribution < -0.4 is 10.0 Å². The van der Waals surface area contributed by atoms with Gasteiger partial charge in [-0.25, -0.2) is 9.97 Å². The van der Waals surface area contributed by atoms with Gasteiger partial charge in [-0.05, 0) is 26.0 Å². The first-order valence-electron chi connectivity index (χ1n) is 10.7. The van der Waals surface area contributed by atoms with E-state index in [9.17, 15) is 14.1 Å². The Hall–Kier alpha value is -3.02. The number of anilines is 2. The third kappa shape index (κ3) is 5.37. The van der Waals surface area contributed by atoms with E-state index >= 15 is 0 Å². The van der Waals surface area contributed by atoms with Gasteiger partial charge < -0.3 is 14.8 Å². The lowest BCUT2D eigenvalue weighted by Crippen LogP contribution is -2.35. The topological polar surface area (TPSA) is 123 Å². The number of nitrogens with zero attached hydrogens (tertiary/aromatic N) is 4. The number of amides is 2. The van der Waals surface area contributed by atoms with E-state index in [0.717, 1.165) is 18.4 Å². The zero-order valence-corrected chi connectivity index (χ0v) is 21.0. The van der Waals surface area contributed by atoms with Crippen molar-refractivity contribution in [3.05, 3.63) is 53.4 Å². The second kappa shape index (κ2) is 9.69. The van der Waals surface area contributed by atoms with Crippen molar-refractivity contribution in [3.8, 4) is 11.3 Å². The minimum absolute atomic E-state index is 0.202. The SMILES string of the molecule is CN(C)C(=O)c1cncc(-c2ccc(NC(=O)C(C)(C)c3csc(N[S+]([O-])C4CC4)n3)cc2)n1. The number of hydrogen-bond donors (Lipinski definition) is 2. The molecular formula is C23H26N6O3S2. The first kappa shape index (κ1) is 24.1. The van der Waals surface area contributed by atoms with Crippen molar-refractivity contribution in [3.63, 3.8) is 0 Å². The van der Waals surface area contributed by atoms with Crippen LogP contribution in [0.5, 0.6) is 0 Å². The van der Waals surface area contributed by atoms with Gasteiger partial charge >= 0.3 is 0 Å². The van der Waals surface area contributed by atoms with Crippen molar-refractivity contribution in [2.45, 2.75) is 37.4 Å². The predicted octanol–water partition coefficient (Wildman–Crippen LogP) is 3.46. The summed E-state index contributed by atoms with van der Waals surface area (Å²) in [6.07, 6.45) is 4.96. The molecule has 0 saturated heterocycles. The molecule has 11 heteroatoms. The molecule has 0 aliphatic heterocycles. The van der Waals surface area contributed by atoms with Gasteiger partial charge in [0.25, 0.3) is 5.91 Å². The van der Waals surface area contributed by atoms with Gasteiger partial charge in [-0.2, -0.15) is 4.72 Å². The number of thiazole rings is 1. The van der Waals surface area contributed by atoms with Crippen molar-refractivity contribution in [1.82, 2.24) is 19.9 Å². The fourth-order valence-corrected chi connectivity index (χ4v) is 5.13. The summed E-state index contributed by atoms with van der Waals surface area (Å²) in [6.45, 7) is 3.60. The maximum Gasteiger partial charge on any atom is 0.273 e. The Morgan fingerprint density at radius 3 is 2.50 bits per heavy atom. The highest BCUT2D eigenvalue weighted by Gasteiger charge is 2.37. The Morgan fingerprint density at radius 1 is 1.15 bits per heavy atom. The van der Waals surface area contributed by atoms with E-state index in [1.165, 1.54) is 22.4 Å². The Morgan fingerprint density at radius 2 is 1.85 bits per heavy atom. The molecule has 178 valence electrons. The molecule has 1 aromatic carbocycles. The number of aromatic nitrogens is 3. The highest BCUT2D eigenvalue weighted by molar-refractivity contribution is 7.93. The van der Waals surface area contributed by atoms with Gasteiger partial charge in [-0.1, -0.05) is 12.1 Å². The van der Waals surface area contributed by atoms with Crippen LogP contribution in [-0.4, -0.2) is 55.6 Å². The Kier molecular flexibility index (Phi) is 6.87. The lowest BCUT2D eigenvalue weighted by atomic mass is 9.89. The molecule has 2 N–H and O–H groups in total. The van der Waals surface area contributed by atoms with Crippen LogP contribution in [0, 0.1) is 0 Å². The van der Waals surface area contributed by atoms with Crippen LogP contribution in [0.2, 0.25) is 0 Å². The molecule has 1 unspecified atom stereocenters.